The number of hydrogen-bond donors (Lipinski definition) is 0. The van der Waals surface area contributed by atoms with Gasteiger partial charge in [-0.25, -0.2) is 0 Å². The van der Waals surface area contributed by atoms with Crippen LogP contribution in [0.1, 0.15) is 33.4 Å². The lowest BCUT2D eigenvalue weighted by molar-refractivity contribution is 0.1000. The largest absolute Gasteiger partial charge is 0.461 e. The minimum absolute atomic E-state index is 0.0167. The van der Waals surface area contributed by atoms with E-state index in [4.69, 9.17) is 4.42 Å². The summed E-state index contributed by atoms with van der Waals surface area (Å²) in [5, 5.41) is 0. The van der Waals surface area contributed by atoms with Gasteiger partial charge in [0.1, 0.15) is 0 Å². The Hall–Kier alpha value is -2.16. The molecule has 0 aliphatic carbocycles. The van der Waals surface area contributed by atoms with Gasteiger partial charge in [-0.15, -0.1) is 0 Å². The highest BCUT2D eigenvalue weighted by molar-refractivity contribution is 6.07. The molecule has 0 bridgehead atoms. The Morgan fingerprint density at radius 2 is 1.62 bits per heavy atom. The molecule has 80 valence electrons. The molecule has 1 aromatic heterocycles. The second kappa shape index (κ2) is 4.14. The summed E-state index contributed by atoms with van der Waals surface area (Å²) < 4.78 is 5.01. The highest BCUT2D eigenvalue weighted by Crippen LogP contribution is 2.11. The van der Waals surface area contributed by atoms with Gasteiger partial charge in [0.2, 0.25) is 5.78 Å². The molecular weight excluding hydrogens is 204 g/mol. The van der Waals surface area contributed by atoms with Crippen molar-refractivity contribution in [1.82, 2.24) is 0 Å². The Balaban J connectivity index is 2.29. The number of furan rings is 1. The van der Waals surface area contributed by atoms with E-state index in [9.17, 15) is 9.59 Å². The lowest BCUT2D eigenvalue weighted by atomic mass is 10.1. The first-order valence-corrected chi connectivity index (χ1v) is 4.87. The van der Waals surface area contributed by atoms with Crippen LogP contribution in [0.3, 0.4) is 0 Å². The van der Waals surface area contributed by atoms with Gasteiger partial charge in [-0.1, -0.05) is 24.3 Å². The summed E-state index contributed by atoms with van der Waals surface area (Å²) in [6, 6.07) is 9.80. The molecule has 1 aromatic carbocycles. The van der Waals surface area contributed by atoms with E-state index in [1.54, 1.807) is 36.4 Å². The molecule has 0 saturated carbocycles. The van der Waals surface area contributed by atoms with Crippen LogP contribution in [-0.2, 0) is 0 Å². The van der Waals surface area contributed by atoms with Crippen LogP contribution < -0.4 is 0 Å². The summed E-state index contributed by atoms with van der Waals surface area (Å²) >= 11 is 0. The Labute approximate surface area is 92.7 Å². The molecule has 0 N–H and O–H groups in total. The maximum Gasteiger partial charge on any atom is 0.228 e. The van der Waals surface area contributed by atoms with Crippen molar-refractivity contribution in [2.45, 2.75) is 6.92 Å². The molecule has 3 heteroatoms. The standard InChI is InChI=1S/C13H10O3/c1-9(14)10-4-6-11(7-5-10)13(15)12-3-2-8-16-12/h2-8H,1H3. The van der Waals surface area contributed by atoms with Crippen molar-refractivity contribution in [3.8, 4) is 0 Å². The normalized spacial score (nSPS) is 10.1. The molecule has 0 saturated heterocycles. The van der Waals surface area contributed by atoms with Crippen LogP contribution in [0.5, 0.6) is 0 Å². The number of hydrogen-bond acceptors (Lipinski definition) is 3. The summed E-state index contributed by atoms with van der Waals surface area (Å²) in [5.74, 6) is 0.104. The fourth-order valence-electron chi connectivity index (χ4n) is 1.41. The van der Waals surface area contributed by atoms with E-state index in [1.165, 1.54) is 13.2 Å². The first-order valence-electron chi connectivity index (χ1n) is 4.87. The monoisotopic (exact) mass is 214 g/mol. The van der Waals surface area contributed by atoms with E-state index in [-0.39, 0.29) is 11.6 Å². The molecule has 16 heavy (non-hydrogen) atoms. The van der Waals surface area contributed by atoms with Crippen LogP contribution in [0.25, 0.3) is 0 Å². The molecule has 0 unspecified atom stereocenters. The lowest BCUT2D eigenvalue weighted by Crippen LogP contribution is -2.00. The molecule has 1 heterocycles. The predicted octanol–water partition coefficient (Wildman–Crippen LogP) is 2.71. The quantitative estimate of drug-likeness (QED) is 0.738. The first kappa shape index (κ1) is 10.4. The number of benzene rings is 1. The molecule has 2 aromatic rings. The molecule has 3 nitrogen and oxygen atoms in total. The van der Waals surface area contributed by atoms with Gasteiger partial charge in [0.25, 0.3) is 0 Å². The second-order valence-electron chi connectivity index (χ2n) is 3.44. The van der Waals surface area contributed by atoms with E-state index in [1.807, 2.05) is 0 Å². The molecule has 0 amide bonds. The van der Waals surface area contributed by atoms with Gasteiger partial charge in [0, 0.05) is 11.1 Å². The summed E-state index contributed by atoms with van der Waals surface area (Å²) in [7, 11) is 0. The zero-order valence-corrected chi connectivity index (χ0v) is 8.77. The van der Waals surface area contributed by atoms with Gasteiger partial charge in [-0.2, -0.15) is 0 Å². The fourth-order valence-corrected chi connectivity index (χ4v) is 1.41. The lowest BCUT2D eigenvalue weighted by Gasteiger charge is -1.99. The number of carbonyl (C=O) groups is 2. The van der Waals surface area contributed by atoms with Crippen molar-refractivity contribution in [2.75, 3.05) is 0 Å². The molecule has 2 rings (SSSR count). The average Bonchev–Trinajstić information content (AvgIpc) is 2.81. The third-order valence-corrected chi connectivity index (χ3v) is 2.30. The number of ketones is 2. The van der Waals surface area contributed by atoms with Gasteiger partial charge in [0.15, 0.2) is 11.5 Å². The van der Waals surface area contributed by atoms with E-state index >= 15 is 0 Å². The average molecular weight is 214 g/mol. The van der Waals surface area contributed by atoms with Gasteiger partial charge in [-0.3, -0.25) is 9.59 Å². The highest BCUT2D eigenvalue weighted by atomic mass is 16.3. The third-order valence-electron chi connectivity index (χ3n) is 2.30. The van der Waals surface area contributed by atoms with Gasteiger partial charge in [-0.05, 0) is 19.1 Å². The van der Waals surface area contributed by atoms with Crippen LogP contribution in [0.4, 0.5) is 0 Å². The van der Waals surface area contributed by atoms with Crippen LogP contribution >= 0.6 is 0 Å². The zero-order valence-electron chi connectivity index (χ0n) is 8.77. The van der Waals surface area contributed by atoms with Crippen LogP contribution in [0.15, 0.2) is 47.1 Å². The topological polar surface area (TPSA) is 47.3 Å². The number of carbonyl (C=O) groups excluding carboxylic acids is 2. The predicted molar refractivity (Wildman–Crippen MR) is 58.6 cm³/mol. The molecule has 0 radical (unpaired) electrons. The van der Waals surface area contributed by atoms with E-state index < -0.39 is 0 Å². The van der Waals surface area contributed by atoms with Crippen molar-refractivity contribution in [3.05, 3.63) is 59.5 Å². The molecule has 0 aliphatic rings. The van der Waals surface area contributed by atoms with Gasteiger partial charge < -0.3 is 4.42 Å². The Morgan fingerprint density at radius 3 is 2.12 bits per heavy atom. The SMILES string of the molecule is CC(=O)c1ccc(C(=O)c2ccco2)cc1. The fraction of sp³-hybridized carbons (Fsp3) is 0.0769. The Bertz CT molecular complexity index is 507. The summed E-state index contributed by atoms with van der Waals surface area (Å²) in [6.07, 6.45) is 1.46. The minimum Gasteiger partial charge on any atom is -0.461 e. The van der Waals surface area contributed by atoms with Gasteiger partial charge >= 0.3 is 0 Å². The molecule has 0 aliphatic heterocycles. The van der Waals surface area contributed by atoms with E-state index in [0.717, 1.165) is 0 Å². The highest BCUT2D eigenvalue weighted by Gasteiger charge is 2.11. The second-order valence-corrected chi connectivity index (χ2v) is 3.44. The molecule has 0 fully saturated rings. The Morgan fingerprint density at radius 1 is 1.00 bits per heavy atom. The van der Waals surface area contributed by atoms with E-state index in [2.05, 4.69) is 0 Å². The number of rotatable bonds is 3. The molecule has 0 spiro atoms. The summed E-state index contributed by atoms with van der Waals surface area (Å²) in [6.45, 7) is 1.49. The molecular formula is C13H10O3. The maximum absolute atomic E-state index is 11.8. The van der Waals surface area contributed by atoms with E-state index in [0.29, 0.717) is 16.9 Å². The first-order chi connectivity index (χ1) is 7.68. The molecule has 0 atom stereocenters. The van der Waals surface area contributed by atoms with Crippen molar-refractivity contribution in [3.63, 3.8) is 0 Å². The summed E-state index contributed by atoms with van der Waals surface area (Å²) in [4.78, 5) is 22.9. The van der Waals surface area contributed by atoms with Gasteiger partial charge in [0.05, 0.1) is 6.26 Å². The Kier molecular flexibility index (Phi) is 2.68. The van der Waals surface area contributed by atoms with Crippen molar-refractivity contribution in [2.24, 2.45) is 0 Å². The van der Waals surface area contributed by atoms with Crippen molar-refractivity contribution >= 4 is 11.6 Å². The minimum atomic E-state index is -0.180. The third kappa shape index (κ3) is 1.93. The zero-order chi connectivity index (χ0) is 11.5. The van der Waals surface area contributed by atoms with Crippen LogP contribution in [0.2, 0.25) is 0 Å². The number of Topliss-reactive ketones (excluding diaryl/α,β-unsaturated/α-hetero) is 1. The van der Waals surface area contributed by atoms with Crippen molar-refractivity contribution in [1.29, 1.82) is 0 Å². The van der Waals surface area contributed by atoms with Crippen molar-refractivity contribution < 1.29 is 14.0 Å². The maximum atomic E-state index is 11.8. The summed E-state index contributed by atoms with van der Waals surface area (Å²) in [5.41, 5.74) is 1.11. The van der Waals surface area contributed by atoms with Crippen LogP contribution in [-0.4, -0.2) is 11.6 Å². The smallest absolute Gasteiger partial charge is 0.228 e. The van der Waals surface area contributed by atoms with Crippen LogP contribution in [0, 0.1) is 0 Å².